The first kappa shape index (κ1) is 21.0. The van der Waals surface area contributed by atoms with Gasteiger partial charge >= 0.3 is 0 Å². The van der Waals surface area contributed by atoms with Crippen molar-refractivity contribution in [2.24, 2.45) is 0 Å². The van der Waals surface area contributed by atoms with E-state index in [4.69, 9.17) is 0 Å². The molecule has 3 aromatic rings. The van der Waals surface area contributed by atoms with E-state index in [1.165, 1.54) is 4.90 Å². The van der Waals surface area contributed by atoms with Gasteiger partial charge in [-0.2, -0.15) is 0 Å². The van der Waals surface area contributed by atoms with Crippen molar-refractivity contribution in [1.82, 2.24) is 4.98 Å². The molecule has 1 unspecified atom stereocenters. The number of hydrogen-bond donors (Lipinski definition) is 1. The molecule has 1 aliphatic rings. The van der Waals surface area contributed by atoms with Gasteiger partial charge in [0.05, 0.1) is 11.6 Å². The number of Topliss-reactive ketones (excluding diaryl/α,β-unsaturated/α-hetero) is 1. The molecule has 1 atom stereocenters. The van der Waals surface area contributed by atoms with Crippen molar-refractivity contribution in [1.29, 1.82) is 0 Å². The van der Waals surface area contributed by atoms with E-state index in [1.807, 2.05) is 45.0 Å². The van der Waals surface area contributed by atoms with E-state index in [0.29, 0.717) is 16.8 Å². The number of carbonyl (C=O) groups excluding carboxylic acids is 2. The molecule has 0 saturated carbocycles. The molecule has 1 fully saturated rings. The third-order valence-electron chi connectivity index (χ3n) is 5.36. The standard InChI is InChI=1S/C25H21BrN2O3/c1-14-9-15(2)11-19(10-14)28-22(18-5-4-8-27-13-18)21(24(30)25(28)31)23(29)17-6-7-20(26)16(3)12-17/h4-13,22,29H,1-3H3/b23-21-. The number of amides is 1. The van der Waals surface area contributed by atoms with Crippen molar-refractivity contribution < 1.29 is 14.7 Å². The zero-order valence-electron chi connectivity index (χ0n) is 17.4. The molecule has 31 heavy (non-hydrogen) atoms. The molecule has 0 spiro atoms. The van der Waals surface area contributed by atoms with E-state index in [-0.39, 0.29) is 11.3 Å². The van der Waals surface area contributed by atoms with Gasteiger partial charge in [-0.25, -0.2) is 0 Å². The fourth-order valence-electron chi connectivity index (χ4n) is 3.99. The summed E-state index contributed by atoms with van der Waals surface area (Å²) in [5.74, 6) is -1.59. The van der Waals surface area contributed by atoms with Crippen LogP contribution in [0.4, 0.5) is 5.69 Å². The summed E-state index contributed by atoms with van der Waals surface area (Å²) in [7, 11) is 0. The summed E-state index contributed by atoms with van der Waals surface area (Å²) in [6, 6.07) is 13.8. The molecule has 0 radical (unpaired) electrons. The van der Waals surface area contributed by atoms with Crippen molar-refractivity contribution in [3.8, 4) is 0 Å². The number of pyridine rings is 1. The van der Waals surface area contributed by atoms with Crippen LogP contribution in [-0.4, -0.2) is 21.8 Å². The number of aryl methyl sites for hydroxylation is 3. The number of carbonyl (C=O) groups is 2. The maximum Gasteiger partial charge on any atom is 0.300 e. The summed E-state index contributed by atoms with van der Waals surface area (Å²) in [6.45, 7) is 5.78. The predicted octanol–water partition coefficient (Wildman–Crippen LogP) is 5.40. The van der Waals surface area contributed by atoms with Crippen LogP contribution in [0.1, 0.15) is 33.9 Å². The number of aliphatic hydroxyl groups is 1. The Kier molecular flexibility index (Phi) is 5.50. The Balaban J connectivity index is 1.97. The van der Waals surface area contributed by atoms with Crippen LogP contribution in [-0.2, 0) is 9.59 Å². The highest BCUT2D eigenvalue weighted by Crippen LogP contribution is 2.42. The summed E-state index contributed by atoms with van der Waals surface area (Å²) < 4.78 is 0.892. The van der Waals surface area contributed by atoms with Crippen molar-refractivity contribution >= 4 is 39.1 Å². The van der Waals surface area contributed by atoms with Gasteiger partial charge in [0.1, 0.15) is 5.76 Å². The van der Waals surface area contributed by atoms with Crippen molar-refractivity contribution in [3.05, 3.63) is 98.8 Å². The Morgan fingerprint density at radius 1 is 1.03 bits per heavy atom. The molecule has 156 valence electrons. The van der Waals surface area contributed by atoms with Gasteiger partial charge in [0.2, 0.25) is 0 Å². The highest BCUT2D eigenvalue weighted by molar-refractivity contribution is 9.10. The first-order chi connectivity index (χ1) is 14.8. The van der Waals surface area contributed by atoms with E-state index in [0.717, 1.165) is 21.2 Å². The number of hydrogen-bond acceptors (Lipinski definition) is 4. The second-order valence-electron chi connectivity index (χ2n) is 7.77. The van der Waals surface area contributed by atoms with Crippen LogP contribution in [0.5, 0.6) is 0 Å². The van der Waals surface area contributed by atoms with Crippen LogP contribution >= 0.6 is 15.9 Å². The van der Waals surface area contributed by atoms with E-state index in [1.54, 1.807) is 36.7 Å². The fourth-order valence-corrected chi connectivity index (χ4v) is 4.24. The van der Waals surface area contributed by atoms with Crippen molar-refractivity contribution in [2.75, 3.05) is 4.90 Å². The average Bonchev–Trinajstić information content (AvgIpc) is 3.00. The molecular formula is C25H21BrN2O3. The Morgan fingerprint density at radius 3 is 2.35 bits per heavy atom. The number of halogens is 1. The summed E-state index contributed by atoms with van der Waals surface area (Å²) >= 11 is 3.45. The molecule has 0 bridgehead atoms. The van der Waals surface area contributed by atoms with Gasteiger partial charge in [0, 0.05) is 28.1 Å². The average molecular weight is 477 g/mol. The minimum absolute atomic E-state index is 0.0545. The van der Waals surface area contributed by atoms with Gasteiger partial charge in [-0.1, -0.05) is 34.1 Å². The maximum atomic E-state index is 13.2. The first-order valence-corrected chi connectivity index (χ1v) is 10.6. The molecule has 1 aromatic heterocycles. The predicted molar refractivity (Wildman–Crippen MR) is 124 cm³/mol. The van der Waals surface area contributed by atoms with Gasteiger partial charge in [-0.3, -0.25) is 19.5 Å². The van der Waals surface area contributed by atoms with Crippen LogP contribution in [0, 0.1) is 20.8 Å². The molecule has 1 N–H and O–H groups in total. The SMILES string of the molecule is Cc1cc(C)cc(N2C(=O)C(=O)/C(=C(\O)c3ccc(Br)c(C)c3)C2c2cccnc2)c1. The number of rotatable bonds is 3. The Hall–Kier alpha value is -3.25. The largest absolute Gasteiger partial charge is 0.507 e. The van der Waals surface area contributed by atoms with Crippen LogP contribution in [0.15, 0.2) is 71.0 Å². The summed E-state index contributed by atoms with van der Waals surface area (Å²) in [5.41, 5.74) is 4.66. The zero-order chi connectivity index (χ0) is 22.3. The number of nitrogens with zero attached hydrogens (tertiary/aromatic N) is 2. The van der Waals surface area contributed by atoms with Crippen molar-refractivity contribution in [2.45, 2.75) is 26.8 Å². The Bertz CT molecular complexity index is 1210. The minimum atomic E-state index is -0.779. The summed E-state index contributed by atoms with van der Waals surface area (Å²) in [6.07, 6.45) is 3.25. The molecule has 1 saturated heterocycles. The molecule has 4 rings (SSSR count). The summed E-state index contributed by atoms with van der Waals surface area (Å²) in [4.78, 5) is 32.0. The molecule has 5 nitrogen and oxygen atoms in total. The number of benzene rings is 2. The first-order valence-electron chi connectivity index (χ1n) is 9.83. The zero-order valence-corrected chi connectivity index (χ0v) is 19.0. The normalized spacial score (nSPS) is 17.9. The molecule has 2 aromatic carbocycles. The second kappa shape index (κ2) is 8.12. The molecule has 0 aliphatic carbocycles. The lowest BCUT2D eigenvalue weighted by atomic mass is 9.95. The maximum absolute atomic E-state index is 13.2. The Labute approximate surface area is 189 Å². The monoisotopic (exact) mass is 476 g/mol. The van der Waals surface area contributed by atoms with Crippen LogP contribution < -0.4 is 4.90 Å². The quantitative estimate of drug-likeness (QED) is 0.312. The number of ketones is 1. The Morgan fingerprint density at radius 2 is 1.74 bits per heavy atom. The lowest BCUT2D eigenvalue weighted by molar-refractivity contribution is -0.132. The van der Waals surface area contributed by atoms with Gasteiger partial charge in [-0.05, 0) is 73.4 Å². The van der Waals surface area contributed by atoms with Crippen LogP contribution in [0.2, 0.25) is 0 Å². The molecule has 6 heteroatoms. The number of aliphatic hydroxyl groups excluding tert-OH is 1. The van der Waals surface area contributed by atoms with E-state index >= 15 is 0 Å². The van der Waals surface area contributed by atoms with Crippen molar-refractivity contribution in [3.63, 3.8) is 0 Å². The second-order valence-corrected chi connectivity index (χ2v) is 8.62. The van der Waals surface area contributed by atoms with E-state index < -0.39 is 17.7 Å². The highest BCUT2D eigenvalue weighted by Gasteiger charge is 2.47. The lowest BCUT2D eigenvalue weighted by Gasteiger charge is -2.26. The third-order valence-corrected chi connectivity index (χ3v) is 6.25. The lowest BCUT2D eigenvalue weighted by Crippen LogP contribution is -2.29. The van der Waals surface area contributed by atoms with E-state index in [9.17, 15) is 14.7 Å². The van der Waals surface area contributed by atoms with Crippen LogP contribution in [0.3, 0.4) is 0 Å². The number of aromatic nitrogens is 1. The van der Waals surface area contributed by atoms with Gasteiger partial charge in [-0.15, -0.1) is 0 Å². The molecule has 1 aliphatic heterocycles. The fraction of sp³-hybridized carbons (Fsp3) is 0.160. The number of anilines is 1. The third kappa shape index (κ3) is 3.79. The molecule has 2 heterocycles. The van der Waals surface area contributed by atoms with Gasteiger partial charge < -0.3 is 5.11 Å². The highest BCUT2D eigenvalue weighted by atomic mass is 79.9. The van der Waals surface area contributed by atoms with Gasteiger partial charge in [0.25, 0.3) is 11.7 Å². The van der Waals surface area contributed by atoms with E-state index in [2.05, 4.69) is 20.9 Å². The van der Waals surface area contributed by atoms with Gasteiger partial charge in [0.15, 0.2) is 0 Å². The smallest absolute Gasteiger partial charge is 0.300 e. The molecular weight excluding hydrogens is 456 g/mol. The molecule has 1 amide bonds. The topological polar surface area (TPSA) is 70.5 Å². The minimum Gasteiger partial charge on any atom is -0.507 e. The summed E-state index contributed by atoms with van der Waals surface area (Å²) in [5, 5.41) is 11.2. The van der Waals surface area contributed by atoms with Crippen LogP contribution in [0.25, 0.3) is 5.76 Å².